The molecule has 4 nitrogen and oxygen atoms in total. The van der Waals surface area contributed by atoms with Gasteiger partial charge in [-0.1, -0.05) is 13.8 Å². The van der Waals surface area contributed by atoms with Gasteiger partial charge in [0.15, 0.2) is 0 Å². The summed E-state index contributed by atoms with van der Waals surface area (Å²) in [5.74, 6) is 0. The van der Waals surface area contributed by atoms with E-state index in [9.17, 15) is 9.90 Å². The minimum atomic E-state index is -0.169. The van der Waals surface area contributed by atoms with E-state index in [0.29, 0.717) is 18.6 Å². The fourth-order valence-electron chi connectivity index (χ4n) is 2.96. The molecule has 1 fully saturated rings. The number of carbonyl (C=O) groups excluding carboxylic acids is 1. The maximum Gasteiger partial charge on any atom is 0.317 e. The van der Waals surface area contributed by atoms with E-state index in [-0.39, 0.29) is 18.1 Å². The summed E-state index contributed by atoms with van der Waals surface area (Å²) < 4.78 is 0. The molecule has 0 bridgehead atoms. The molecule has 2 unspecified atom stereocenters. The standard InChI is InChI=1S/C15H30N2O2/c1-5-15(6-2,11-18)10-16-14(19)17-12(3)8-7-9-13(17)4/h12-13,18H,5-11H2,1-4H3,(H,16,19). The second kappa shape index (κ2) is 7.13. The van der Waals surface area contributed by atoms with Gasteiger partial charge in [0.25, 0.3) is 0 Å². The van der Waals surface area contributed by atoms with Crippen LogP contribution in [0, 0.1) is 5.41 Å². The lowest BCUT2D eigenvalue weighted by Crippen LogP contribution is -2.53. The van der Waals surface area contributed by atoms with Crippen LogP contribution < -0.4 is 5.32 Å². The van der Waals surface area contributed by atoms with Gasteiger partial charge in [0.2, 0.25) is 0 Å². The molecule has 0 saturated carbocycles. The molecule has 0 aromatic heterocycles. The van der Waals surface area contributed by atoms with Crippen molar-refractivity contribution < 1.29 is 9.90 Å². The number of hydrogen-bond acceptors (Lipinski definition) is 2. The summed E-state index contributed by atoms with van der Waals surface area (Å²) in [6.07, 6.45) is 5.14. The molecule has 1 aliphatic heterocycles. The van der Waals surface area contributed by atoms with Crippen LogP contribution in [0.3, 0.4) is 0 Å². The highest BCUT2D eigenvalue weighted by Crippen LogP contribution is 2.26. The molecule has 2 atom stereocenters. The second-order valence-electron chi connectivity index (χ2n) is 6.06. The van der Waals surface area contributed by atoms with Crippen molar-refractivity contribution in [1.82, 2.24) is 10.2 Å². The number of aliphatic hydroxyl groups is 1. The van der Waals surface area contributed by atoms with Crippen LogP contribution in [-0.4, -0.2) is 41.3 Å². The molecule has 19 heavy (non-hydrogen) atoms. The first-order valence-electron chi connectivity index (χ1n) is 7.66. The number of likely N-dealkylation sites (tertiary alicyclic amines) is 1. The van der Waals surface area contributed by atoms with Crippen molar-refractivity contribution >= 4 is 6.03 Å². The second-order valence-corrected chi connectivity index (χ2v) is 6.06. The van der Waals surface area contributed by atoms with E-state index < -0.39 is 0 Å². The zero-order chi connectivity index (χ0) is 14.5. The van der Waals surface area contributed by atoms with E-state index in [2.05, 4.69) is 33.0 Å². The Morgan fingerprint density at radius 1 is 1.26 bits per heavy atom. The average molecular weight is 270 g/mol. The average Bonchev–Trinajstić information content (AvgIpc) is 2.41. The summed E-state index contributed by atoms with van der Waals surface area (Å²) in [5, 5.41) is 12.6. The molecule has 1 saturated heterocycles. The van der Waals surface area contributed by atoms with E-state index in [0.717, 1.165) is 25.7 Å². The van der Waals surface area contributed by atoms with Gasteiger partial charge in [0, 0.05) is 24.0 Å². The van der Waals surface area contributed by atoms with E-state index in [1.165, 1.54) is 6.42 Å². The van der Waals surface area contributed by atoms with E-state index in [4.69, 9.17) is 0 Å². The molecular weight excluding hydrogens is 240 g/mol. The van der Waals surface area contributed by atoms with Gasteiger partial charge in [-0.05, 0) is 46.0 Å². The summed E-state index contributed by atoms with van der Waals surface area (Å²) in [6.45, 7) is 9.06. The lowest BCUT2D eigenvalue weighted by molar-refractivity contribution is 0.0978. The van der Waals surface area contributed by atoms with Crippen LogP contribution in [0.2, 0.25) is 0 Å². The van der Waals surface area contributed by atoms with Crippen molar-refractivity contribution in [2.75, 3.05) is 13.2 Å². The molecule has 2 amide bonds. The predicted octanol–water partition coefficient (Wildman–Crippen LogP) is 2.76. The maximum atomic E-state index is 12.3. The molecule has 112 valence electrons. The number of aliphatic hydroxyl groups excluding tert-OH is 1. The van der Waals surface area contributed by atoms with Gasteiger partial charge in [0.05, 0.1) is 6.61 Å². The number of carbonyl (C=O) groups is 1. The Morgan fingerprint density at radius 2 is 1.79 bits per heavy atom. The minimum Gasteiger partial charge on any atom is -0.396 e. The molecular formula is C15H30N2O2. The van der Waals surface area contributed by atoms with E-state index >= 15 is 0 Å². The first-order chi connectivity index (χ1) is 8.99. The van der Waals surface area contributed by atoms with Crippen LogP contribution in [0.15, 0.2) is 0 Å². The highest BCUT2D eigenvalue weighted by atomic mass is 16.3. The molecule has 4 heteroatoms. The molecule has 0 aliphatic carbocycles. The third-order valence-electron chi connectivity index (χ3n) is 4.88. The van der Waals surface area contributed by atoms with Crippen LogP contribution in [0.5, 0.6) is 0 Å². The Hall–Kier alpha value is -0.770. The van der Waals surface area contributed by atoms with Crippen LogP contribution in [-0.2, 0) is 0 Å². The summed E-state index contributed by atoms with van der Waals surface area (Å²) in [7, 11) is 0. The Morgan fingerprint density at radius 3 is 2.21 bits per heavy atom. The fourth-order valence-corrected chi connectivity index (χ4v) is 2.96. The van der Waals surface area contributed by atoms with Crippen LogP contribution in [0.4, 0.5) is 4.79 Å². The normalized spacial score (nSPS) is 24.4. The molecule has 1 rings (SSSR count). The van der Waals surface area contributed by atoms with Crippen molar-refractivity contribution in [3.63, 3.8) is 0 Å². The molecule has 0 spiro atoms. The molecule has 0 aromatic rings. The van der Waals surface area contributed by atoms with Crippen molar-refractivity contribution in [1.29, 1.82) is 0 Å². The monoisotopic (exact) mass is 270 g/mol. The number of rotatable bonds is 5. The quantitative estimate of drug-likeness (QED) is 0.807. The van der Waals surface area contributed by atoms with Gasteiger partial charge >= 0.3 is 6.03 Å². The van der Waals surface area contributed by atoms with Crippen LogP contribution >= 0.6 is 0 Å². The zero-order valence-corrected chi connectivity index (χ0v) is 12.9. The Balaban J connectivity index is 2.58. The maximum absolute atomic E-state index is 12.3. The van der Waals surface area contributed by atoms with Crippen molar-refractivity contribution in [2.45, 2.75) is 71.9 Å². The molecule has 2 N–H and O–H groups in total. The topological polar surface area (TPSA) is 52.6 Å². The smallest absolute Gasteiger partial charge is 0.317 e. The van der Waals surface area contributed by atoms with Crippen molar-refractivity contribution in [2.24, 2.45) is 5.41 Å². The largest absolute Gasteiger partial charge is 0.396 e. The lowest BCUT2D eigenvalue weighted by Gasteiger charge is -2.40. The van der Waals surface area contributed by atoms with E-state index in [1.54, 1.807) is 0 Å². The first-order valence-corrected chi connectivity index (χ1v) is 7.66. The third kappa shape index (κ3) is 3.85. The Bertz CT molecular complexity index is 272. The van der Waals surface area contributed by atoms with Crippen LogP contribution in [0.25, 0.3) is 0 Å². The van der Waals surface area contributed by atoms with Crippen molar-refractivity contribution in [3.8, 4) is 0 Å². The number of hydrogen-bond donors (Lipinski definition) is 2. The SMILES string of the molecule is CCC(CC)(CO)CNC(=O)N1C(C)CCCC1C. The summed E-state index contributed by atoms with van der Waals surface area (Å²) in [5.41, 5.74) is -0.169. The van der Waals surface area contributed by atoms with Crippen LogP contribution in [0.1, 0.15) is 59.8 Å². The number of nitrogens with zero attached hydrogens (tertiary/aromatic N) is 1. The summed E-state index contributed by atoms with van der Waals surface area (Å²) >= 11 is 0. The number of nitrogens with one attached hydrogen (secondary N) is 1. The fraction of sp³-hybridized carbons (Fsp3) is 0.933. The highest BCUT2D eigenvalue weighted by molar-refractivity contribution is 5.75. The number of piperidine rings is 1. The van der Waals surface area contributed by atoms with Gasteiger partial charge in [-0.2, -0.15) is 0 Å². The molecule has 1 aliphatic rings. The van der Waals surface area contributed by atoms with Gasteiger partial charge in [-0.25, -0.2) is 4.79 Å². The molecule has 0 aromatic carbocycles. The van der Waals surface area contributed by atoms with Gasteiger partial charge < -0.3 is 15.3 Å². The highest BCUT2D eigenvalue weighted by Gasteiger charge is 2.31. The van der Waals surface area contributed by atoms with Crippen molar-refractivity contribution in [3.05, 3.63) is 0 Å². The predicted molar refractivity (Wildman–Crippen MR) is 78.1 cm³/mol. The Labute approximate surface area is 117 Å². The summed E-state index contributed by atoms with van der Waals surface area (Å²) in [6, 6.07) is 0.658. The summed E-state index contributed by atoms with van der Waals surface area (Å²) in [4.78, 5) is 14.3. The third-order valence-corrected chi connectivity index (χ3v) is 4.88. The van der Waals surface area contributed by atoms with Gasteiger partial charge in [0.1, 0.15) is 0 Å². The number of amides is 2. The lowest BCUT2D eigenvalue weighted by atomic mass is 9.83. The number of urea groups is 1. The zero-order valence-electron chi connectivity index (χ0n) is 12.9. The van der Waals surface area contributed by atoms with Gasteiger partial charge in [-0.15, -0.1) is 0 Å². The van der Waals surface area contributed by atoms with E-state index in [1.807, 2.05) is 4.90 Å². The molecule has 0 radical (unpaired) electrons. The van der Waals surface area contributed by atoms with Gasteiger partial charge in [-0.3, -0.25) is 0 Å². The minimum absolute atomic E-state index is 0.0272. The Kier molecular flexibility index (Phi) is 6.11. The first kappa shape index (κ1) is 16.3. The molecule has 1 heterocycles.